The second kappa shape index (κ2) is 7.93. The maximum absolute atomic E-state index is 12.1. The zero-order valence-electron chi connectivity index (χ0n) is 14.4. The molecule has 6 nitrogen and oxygen atoms in total. The molecule has 0 aliphatic carbocycles. The average molecular weight is 372 g/mol. The number of nitrogens with zero attached hydrogens (tertiary/aromatic N) is 2. The summed E-state index contributed by atoms with van der Waals surface area (Å²) in [5, 5.41) is 3.37. The predicted molar refractivity (Wildman–Crippen MR) is 101 cm³/mol. The SMILES string of the molecule is COc1ccc(OC)c(/C=C/C(=O)NCc2cn3c(Cl)cccc3n2)c1. The third-order valence-electron chi connectivity index (χ3n) is 3.79. The van der Waals surface area contributed by atoms with E-state index in [9.17, 15) is 4.79 Å². The van der Waals surface area contributed by atoms with Crippen LogP contribution in [0.15, 0.2) is 48.7 Å². The van der Waals surface area contributed by atoms with Crippen molar-refractivity contribution in [1.29, 1.82) is 0 Å². The average Bonchev–Trinajstić information content (AvgIpc) is 3.09. The number of hydrogen-bond acceptors (Lipinski definition) is 4. The first-order chi connectivity index (χ1) is 12.6. The van der Waals surface area contributed by atoms with Gasteiger partial charge < -0.3 is 14.8 Å². The minimum atomic E-state index is -0.238. The molecular formula is C19H18ClN3O3. The summed E-state index contributed by atoms with van der Waals surface area (Å²) in [6.45, 7) is 0.302. The summed E-state index contributed by atoms with van der Waals surface area (Å²) in [5.41, 5.74) is 2.21. The molecule has 0 aliphatic rings. The number of aromatic nitrogens is 2. The van der Waals surface area contributed by atoms with Crippen molar-refractivity contribution in [3.63, 3.8) is 0 Å². The first-order valence-corrected chi connectivity index (χ1v) is 8.29. The van der Waals surface area contributed by atoms with Crippen LogP contribution in [0.1, 0.15) is 11.3 Å². The minimum absolute atomic E-state index is 0.238. The van der Waals surface area contributed by atoms with E-state index in [1.807, 2.05) is 12.1 Å². The summed E-state index contributed by atoms with van der Waals surface area (Å²) in [7, 11) is 3.16. The smallest absolute Gasteiger partial charge is 0.244 e. The molecule has 0 radical (unpaired) electrons. The lowest BCUT2D eigenvalue weighted by atomic mass is 10.1. The molecule has 0 bridgehead atoms. The molecule has 1 N–H and O–H groups in total. The van der Waals surface area contributed by atoms with Crippen LogP contribution in [0.5, 0.6) is 11.5 Å². The Balaban J connectivity index is 1.66. The number of pyridine rings is 1. The highest BCUT2D eigenvalue weighted by Gasteiger charge is 2.06. The maximum Gasteiger partial charge on any atom is 0.244 e. The van der Waals surface area contributed by atoms with Crippen molar-refractivity contribution in [2.24, 2.45) is 0 Å². The van der Waals surface area contributed by atoms with Crippen LogP contribution in [-0.2, 0) is 11.3 Å². The van der Waals surface area contributed by atoms with Crippen molar-refractivity contribution in [2.75, 3.05) is 14.2 Å². The van der Waals surface area contributed by atoms with Gasteiger partial charge >= 0.3 is 0 Å². The van der Waals surface area contributed by atoms with Crippen LogP contribution in [-0.4, -0.2) is 29.5 Å². The second-order valence-electron chi connectivity index (χ2n) is 5.47. The van der Waals surface area contributed by atoms with Crippen molar-refractivity contribution in [1.82, 2.24) is 14.7 Å². The Hall–Kier alpha value is -2.99. The molecule has 3 rings (SSSR count). The fourth-order valence-corrected chi connectivity index (χ4v) is 2.69. The number of hydrogen-bond donors (Lipinski definition) is 1. The Morgan fingerprint density at radius 2 is 2.12 bits per heavy atom. The minimum Gasteiger partial charge on any atom is -0.497 e. The molecular weight excluding hydrogens is 354 g/mol. The van der Waals surface area contributed by atoms with Gasteiger partial charge in [-0.15, -0.1) is 0 Å². The molecule has 3 aromatic rings. The van der Waals surface area contributed by atoms with E-state index in [1.54, 1.807) is 55.2 Å². The molecule has 134 valence electrons. The molecule has 0 atom stereocenters. The number of nitrogens with one attached hydrogen (secondary N) is 1. The van der Waals surface area contributed by atoms with Crippen molar-refractivity contribution < 1.29 is 14.3 Å². The van der Waals surface area contributed by atoms with Gasteiger partial charge in [-0.05, 0) is 36.4 Å². The number of ether oxygens (including phenoxy) is 2. The Labute approximate surface area is 156 Å². The van der Waals surface area contributed by atoms with Gasteiger partial charge in [0.2, 0.25) is 5.91 Å². The highest BCUT2D eigenvalue weighted by molar-refractivity contribution is 6.29. The molecule has 1 amide bonds. The topological polar surface area (TPSA) is 64.9 Å². The molecule has 0 unspecified atom stereocenters. The summed E-state index contributed by atoms with van der Waals surface area (Å²) < 4.78 is 12.2. The number of carbonyl (C=O) groups excluding carboxylic acids is 1. The summed E-state index contributed by atoms with van der Waals surface area (Å²) in [6.07, 6.45) is 4.92. The van der Waals surface area contributed by atoms with E-state index < -0.39 is 0 Å². The largest absolute Gasteiger partial charge is 0.497 e. The fraction of sp³-hybridized carbons (Fsp3) is 0.158. The van der Waals surface area contributed by atoms with Crippen molar-refractivity contribution in [3.05, 3.63) is 65.1 Å². The number of imidazole rings is 1. The number of rotatable bonds is 6. The zero-order chi connectivity index (χ0) is 18.5. The Bertz CT molecular complexity index is 966. The molecule has 2 heterocycles. The molecule has 1 aromatic carbocycles. The molecule has 0 saturated heterocycles. The third-order valence-corrected chi connectivity index (χ3v) is 4.10. The lowest BCUT2D eigenvalue weighted by molar-refractivity contribution is -0.116. The summed E-state index contributed by atoms with van der Waals surface area (Å²) in [5.74, 6) is 1.11. The quantitative estimate of drug-likeness (QED) is 0.533. The van der Waals surface area contributed by atoms with Crippen LogP contribution >= 0.6 is 11.6 Å². The van der Waals surface area contributed by atoms with Crippen molar-refractivity contribution in [2.45, 2.75) is 6.54 Å². The van der Waals surface area contributed by atoms with E-state index in [0.29, 0.717) is 23.2 Å². The Morgan fingerprint density at radius 3 is 2.85 bits per heavy atom. The van der Waals surface area contributed by atoms with Gasteiger partial charge in [-0.2, -0.15) is 0 Å². The predicted octanol–water partition coefficient (Wildman–Crippen LogP) is 3.33. The van der Waals surface area contributed by atoms with Gasteiger partial charge in [-0.1, -0.05) is 17.7 Å². The number of fused-ring (bicyclic) bond motifs is 1. The zero-order valence-corrected chi connectivity index (χ0v) is 15.2. The number of benzene rings is 1. The van der Waals surface area contributed by atoms with Crippen LogP contribution in [0, 0.1) is 0 Å². The lowest BCUT2D eigenvalue weighted by Gasteiger charge is -2.07. The van der Waals surface area contributed by atoms with Crippen molar-refractivity contribution in [3.8, 4) is 11.5 Å². The molecule has 0 saturated carbocycles. The van der Waals surface area contributed by atoms with Gasteiger partial charge in [0.1, 0.15) is 22.3 Å². The van der Waals surface area contributed by atoms with Crippen LogP contribution in [0.4, 0.5) is 0 Å². The molecule has 2 aromatic heterocycles. The van der Waals surface area contributed by atoms with Crippen LogP contribution < -0.4 is 14.8 Å². The van der Waals surface area contributed by atoms with Gasteiger partial charge in [0.25, 0.3) is 0 Å². The summed E-state index contributed by atoms with van der Waals surface area (Å²) in [4.78, 5) is 16.5. The summed E-state index contributed by atoms with van der Waals surface area (Å²) >= 11 is 6.11. The normalized spacial score (nSPS) is 11.0. The molecule has 0 fully saturated rings. The van der Waals surface area contributed by atoms with E-state index in [2.05, 4.69) is 10.3 Å². The van der Waals surface area contributed by atoms with Gasteiger partial charge in [0, 0.05) is 17.8 Å². The Kier molecular flexibility index (Phi) is 5.43. The lowest BCUT2D eigenvalue weighted by Crippen LogP contribution is -2.20. The first kappa shape index (κ1) is 17.8. The van der Waals surface area contributed by atoms with E-state index in [1.165, 1.54) is 6.08 Å². The van der Waals surface area contributed by atoms with Gasteiger partial charge in [-0.25, -0.2) is 4.98 Å². The highest BCUT2D eigenvalue weighted by atomic mass is 35.5. The van der Waals surface area contributed by atoms with Crippen molar-refractivity contribution >= 4 is 29.2 Å². The second-order valence-corrected chi connectivity index (χ2v) is 5.86. The number of carbonyl (C=O) groups is 1. The van der Waals surface area contributed by atoms with Crippen LogP contribution in [0.2, 0.25) is 5.15 Å². The number of halogens is 1. The molecule has 26 heavy (non-hydrogen) atoms. The van der Waals surface area contributed by atoms with Gasteiger partial charge in [0.05, 0.1) is 26.5 Å². The maximum atomic E-state index is 12.1. The van der Waals surface area contributed by atoms with Gasteiger partial charge in [-0.3, -0.25) is 9.20 Å². The van der Waals surface area contributed by atoms with E-state index >= 15 is 0 Å². The van der Waals surface area contributed by atoms with E-state index in [0.717, 1.165) is 16.9 Å². The summed E-state index contributed by atoms with van der Waals surface area (Å²) in [6, 6.07) is 10.8. The van der Waals surface area contributed by atoms with E-state index in [4.69, 9.17) is 21.1 Å². The van der Waals surface area contributed by atoms with Crippen LogP contribution in [0.3, 0.4) is 0 Å². The fourth-order valence-electron chi connectivity index (χ4n) is 2.48. The van der Waals surface area contributed by atoms with E-state index in [-0.39, 0.29) is 5.91 Å². The molecule has 0 aliphatic heterocycles. The molecule has 0 spiro atoms. The third kappa shape index (κ3) is 3.97. The standard InChI is InChI=1S/C19H18ClN3O3/c1-25-15-7-8-16(26-2)13(10-15)6-9-19(24)21-11-14-12-23-17(20)4-3-5-18(23)22-14/h3-10,12H,11H2,1-2H3,(H,21,24)/b9-6+. The van der Waals surface area contributed by atoms with Crippen LogP contribution in [0.25, 0.3) is 11.7 Å². The highest BCUT2D eigenvalue weighted by Crippen LogP contribution is 2.25. The first-order valence-electron chi connectivity index (χ1n) is 7.91. The molecule has 7 heteroatoms. The number of amides is 1. The van der Waals surface area contributed by atoms with Gasteiger partial charge in [0.15, 0.2) is 0 Å². The monoisotopic (exact) mass is 371 g/mol. The Morgan fingerprint density at radius 1 is 1.27 bits per heavy atom. The number of methoxy groups -OCH3 is 2.